The number of carbonyl (C=O) groups excluding carboxylic acids is 1. The van der Waals surface area contributed by atoms with E-state index in [1.165, 1.54) is 14.2 Å². The van der Waals surface area contributed by atoms with Gasteiger partial charge < -0.3 is 9.47 Å². The molecule has 0 N–H and O–H groups in total. The van der Waals surface area contributed by atoms with Gasteiger partial charge in [-0.1, -0.05) is 23.2 Å². The van der Waals surface area contributed by atoms with Crippen LogP contribution in [0.4, 0.5) is 0 Å². The standard InChI is InChI=1S/C15H12Cl2O3/c1-19-12-3-4-14(20-2)13(8-12)15(18)9-5-10(16)7-11(17)6-9/h3-8H,1-2H3. The van der Waals surface area contributed by atoms with Crippen LogP contribution in [0.1, 0.15) is 15.9 Å². The Hall–Kier alpha value is -1.71. The minimum absolute atomic E-state index is 0.231. The molecule has 0 aliphatic carbocycles. The van der Waals surface area contributed by atoms with Crippen molar-refractivity contribution in [1.29, 1.82) is 0 Å². The van der Waals surface area contributed by atoms with Crippen LogP contribution in [0.25, 0.3) is 0 Å². The molecule has 2 aromatic rings. The minimum atomic E-state index is -0.231. The van der Waals surface area contributed by atoms with Gasteiger partial charge in [0.25, 0.3) is 0 Å². The number of rotatable bonds is 4. The van der Waals surface area contributed by atoms with Gasteiger partial charge in [0.2, 0.25) is 0 Å². The summed E-state index contributed by atoms with van der Waals surface area (Å²) in [4.78, 5) is 12.5. The summed E-state index contributed by atoms with van der Waals surface area (Å²) in [6.07, 6.45) is 0. The molecule has 104 valence electrons. The summed E-state index contributed by atoms with van der Waals surface area (Å²) in [5.41, 5.74) is 0.791. The van der Waals surface area contributed by atoms with E-state index in [9.17, 15) is 4.79 Å². The highest BCUT2D eigenvalue weighted by molar-refractivity contribution is 6.35. The highest BCUT2D eigenvalue weighted by atomic mass is 35.5. The Labute approximate surface area is 127 Å². The fraction of sp³-hybridized carbons (Fsp3) is 0.133. The lowest BCUT2D eigenvalue weighted by atomic mass is 10.0. The molecule has 0 spiro atoms. The molecule has 2 rings (SSSR count). The Balaban J connectivity index is 2.51. The summed E-state index contributed by atoms with van der Waals surface area (Å²) in [5.74, 6) is 0.805. The molecular weight excluding hydrogens is 299 g/mol. The molecular formula is C15H12Cl2O3. The van der Waals surface area contributed by atoms with Gasteiger partial charge in [0, 0.05) is 15.6 Å². The Kier molecular flexibility index (Phi) is 4.53. The van der Waals surface area contributed by atoms with E-state index in [-0.39, 0.29) is 5.78 Å². The number of hydrogen-bond acceptors (Lipinski definition) is 3. The molecule has 0 radical (unpaired) electrons. The van der Waals surface area contributed by atoms with Crippen molar-refractivity contribution in [3.63, 3.8) is 0 Å². The second-order valence-electron chi connectivity index (χ2n) is 4.05. The smallest absolute Gasteiger partial charge is 0.196 e. The zero-order valence-corrected chi connectivity index (χ0v) is 12.5. The van der Waals surface area contributed by atoms with E-state index >= 15 is 0 Å². The molecule has 0 fully saturated rings. The van der Waals surface area contributed by atoms with Crippen LogP contribution in [0.2, 0.25) is 10.0 Å². The summed E-state index contributed by atoms with van der Waals surface area (Å²) in [6.45, 7) is 0. The lowest BCUT2D eigenvalue weighted by molar-refractivity contribution is 0.103. The van der Waals surface area contributed by atoms with Crippen LogP contribution in [0.15, 0.2) is 36.4 Å². The maximum Gasteiger partial charge on any atom is 0.196 e. The zero-order chi connectivity index (χ0) is 14.7. The van der Waals surface area contributed by atoms with Gasteiger partial charge in [-0.15, -0.1) is 0 Å². The van der Waals surface area contributed by atoms with Crippen LogP contribution in [0.5, 0.6) is 11.5 Å². The van der Waals surface area contributed by atoms with Crippen molar-refractivity contribution in [3.05, 3.63) is 57.6 Å². The van der Waals surface area contributed by atoms with Crippen molar-refractivity contribution in [2.75, 3.05) is 14.2 Å². The number of benzene rings is 2. The third-order valence-electron chi connectivity index (χ3n) is 2.78. The van der Waals surface area contributed by atoms with Gasteiger partial charge in [-0.2, -0.15) is 0 Å². The van der Waals surface area contributed by atoms with Crippen molar-refractivity contribution < 1.29 is 14.3 Å². The Morgan fingerprint density at radius 1 is 0.950 bits per heavy atom. The second-order valence-corrected chi connectivity index (χ2v) is 4.93. The van der Waals surface area contributed by atoms with Crippen LogP contribution in [-0.2, 0) is 0 Å². The van der Waals surface area contributed by atoms with Gasteiger partial charge in [0.1, 0.15) is 11.5 Å². The van der Waals surface area contributed by atoms with E-state index in [1.807, 2.05) is 0 Å². The highest BCUT2D eigenvalue weighted by Crippen LogP contribution is 2.28. The van der Waals surface area contributed by atoms with Gasteiger partial charge in [-0.05, 0) is 36.4 Å². The molecule has 0 saturated carbocycles. The molecule has 0 bridgehead atoms. The average molecular weight is 311 g/mol. The van der Waals surface area contributed by atoms with Crippen LogP contribution in [-0.4, -0.2) is 20.0 Å². The summed E-state index contributed by atoms with van der Waals surface area (Å²) < 4.78 is 10.3. The molecule has 0 aliphatic rings. The second kappa shape index (κ2) is 6.16. The number of methoxy groups -OCH3 is 2. The number of halogens is 2. The summed E-state index contributed by atoms with van der Waals surface area (Å²) >= 11 is 11.8. The summed E-state index contributed by atoms with van der Waals surface area (Å²) in [5, 5.41) is 0.811. The third kappa shape index (κ3) is 3.06. The molecule has 2 aromatic carbocycles. The molecule has 5 heteroatoms. The normalized spacial score (nSPS) is 10.2. The number of ether oxygens (including phenoxy) is 2. The molecule has 0 heterocycles. The van der Waals surface area contributed by atoms with Crippen molar-refractivity contribution in [2.24, 2.45) is 0 Å². The van der Waals surface area contributed by atoms with Gasteiger partial charge in [0.15, 0.2) is 5.78 Å². The molecule has 0 unspecified atom stereocenters. The lowest BCUT2D eigenvalue weighted by Gasteiger charge is -2.10. The topological polar surface area (TPSA) is 35.5 Å². The van der Waals surface area contributed by atoms with E-state index < -0.39 is 0 Å². The van der Waals surface area contributed by atoms with Crippen LogP contribution < -0.4 is 9.47 Å². The Morgan fingerprint density at radius 3 is 2.15 bits per heavy atom. The number of ketones is 1. The fourth-order valence-corrected chi connectivity index (χ4v) is 2.36. The monoisotopic (exact) mass is 310 g/mol. The van der Waals surface area contributed by atoms with E-state index in [4.69, 9.17) is 32.7 Å². The highest BCUT2D eigenvalue weighted by Gasteiger charge is 2.16. The first kappa shape index (κ1) is 14.7. The van der Waals surface area contributed by atoms with Crippen LogP contribution in [0, 0.1) is 0 Å². The molecule has 3 nitrogen and oxygen atoms in total. The number of hydrogen-bond donors (Lipinski definition) is 0. The van der Waals surface area contributed by atoms with Crippen LogP contribution in [0.3, 0.4) is 0 Å². The maximum atomic E-state index is 12.5. The van der Waals surface area contributed by atoms with Crippen LogP contribution >= 0.6 is 23.2 Å². The Morgan fingerprint density at radius 2 is 1.60 bits per heavy atom. The largest absolute Gasteiger partial charge is 0.497 e. The molecule has 0 aromatic heterocycles. The first-order chi connectivity index (χ1) is 9.55. The average Bonchev–Trinajstić information content (AvgIpc) is 2.44. The molecule has 0 atom stereocenters. The maximum absolute atomic E-state index is 12.5. The predicted molar refractivity (Wildman–Crippen MR) is 79.4 cm³/mol. The fourth-order valence-electron chi connectivity index (χ4n) is 1.83. The first-order valence-corrected chi connectivity index (χ1v) is 6.53. The molecule has 0 amide bonds. The van der Waals surface area contributed by atoms with Crippen molar-refractivity contribution >= 4 is 29.0 Å². The van der Waals surface area contributed by atoms with Crippen molar-refractivity contribution in [1.82, 2.24) is 0 Å². The number of carbonyl (C=O) groups is 1. The van der Waals surface area contributed by atoms with E-state index in [2.05, 4.69) is 0 Å². The predicted octanol–water partition coefficient (Wildman–Crippen LogP) is 4.24. The van der Waals surface area contributed by atoms with Crippen molar-refractivity contribution in [3.8, 4) is 11.5 Å². The van der Waals surface area contributed by atoms with Gasteiger partial charge in [-0.25, -0.2) is 0 Å². The van der Waals surface area contributed by atoms with Gasteiger partial charge in [0.05, 0.1) is 19.8 Å². The molecule has 0 aliphatic heterocycles. The third-order valence-corrected chi connectivity index (χ3v) is 3.21. The Bertz CT molecular complexity index is 633. The minimum Gasteiger partial charge on any atom is -0.497 e. The quantitative estimate of drug-likeness (QED) is 0.792. The van der Waals surface area contributed by atoms with Gasteiger partial charge >= 0.3 is 0 Å². The summed E-state index contributed by atoms with van der Waals surface area (Å²) in [7, 11) is 3.04. The molecule has 20 heavy (non-hydrogen) atoms. The summed E-state index contributed by atoms with van der Waals surface area (Å²) in [6, 6.07) is 9.72. The van der Waals surface area contributed by atoms with E-state index in [0.29, 0.717) is 32.7 Å². The van der Waals surface area contributed by atoms with E-state index in [0.717, 1.165) is 0 Å². The van der Waals surface area contributed by atoms with E-state index in [1.54, 1.807) is 36.4 Å². The van der Waals surface area contributed by atoms with Gasteiger partial charge in [-0.3, -0.25) is 4.79 Å². The first-order valence-electron chi connectivity index (χ1n) is 5.78. The SMILES string of the molecule is COc1ccc(OC)c(C(=O)c2cc(Cl)cc(Cl)c2)c1. The molecule has 0 saturated heterocycles. The lowest BCUT2D eigenvalue weighted by Crippen LogP contribution is -2.04. The zero-order valence-electron chi connectivity index (χ0n) is 10.9. The van der Waals surface area contributed by atoms with Crippen molar-refractivity contribution in [2.45, 2.75) is 0 Å².